The predicted molar refractivity (Wildman–Crippen MR) is 112 cm³/mol. The van der Waals surface area contributed by atoms with Gasteiger partial charge >= 0.3 is 12.6 Å². The minimum absolute atomic E-state index is 0.0940. The average Bonchev–Trinajstić information content (AvgIpc) is 2.76. The Morgan fingerprint density at radius 3 is 2.25 bits per heavy atom. The first-order chi connectivity index (χ1) is 15.2. The molecule has 0 saturated heterocycles. The second-order valence-corrected chi connectivity index (χ2v) is 7.06. The van der Waals surface area contributed by atoms with Crippen LogP contribution in [-0.2, 0) is 9.53 Å². The van der Waals surface area contributed by atoms with Gasteiger partial charge in [0.2, 0.25) is 0 Å². The Morgan fingerprint density at radius 1 is 1.00 bits per heavy atom. The number of hydrogen-bond donors (Lipinski definition) is 1. The number of amides is 1. The molecule has 2 aromatic carbocycles. The average molecular weight is 449 g/mol. The van der Waals surface area contributed by atoms with Crippen LogP contribution in [-0.4, -0.2) is 43.5 Å². The van der Waals surface area contributed by atoms with Crippen molar-refractivity contribution in [3.8, 4) is 11.5 Å². The van der Waals surface area contributed by atoms with Crippen molar-refractivity contribution in [2.45, 2.75) is 33.4 Å². The highest BCUT2D eigenvalue weighted by Crippen LogP contribution is 2.19. The molecule has 0 saturated carbocycles. The third-order valence-electron chi connectivity index (χ3n) is 4.39. The topological polar surface area (TPSA) is 90.9 Å². The van der Waals surface area contributed by atoms with Crippen LogP contribution in [0.25, 0.3) is 0 Å². The van der Waals surface area contributed by atoms with Gasteiger partial charge in [-0.15, -0.1) is 0 Å². The van der Waals surface area contributed by atoms with Crippen molar-refractivity contribution >= 4 is 17.7 Å². The summed E-state index contributed by atoms with van der Waals surface area (Å²) >= 11 is 0. The highest BCUT2D eigenvalue weighted by atomic mass is 19.3. The Labute approximate surface area is 184 Å². The number of ether oxygens (including phenoxy) is 3. The molecule has 0 aliphatic carbocycles. The van der Waals surface area contributed by atoms with E-state index in [1.54, 1.807) is 45.0 Å². The summed E-state index contributed by atoms with van der Waals surface area (Å²) in [6.45, 7) is 2.08. The second kappa shape index (κ2) is 11.8. The third kappa shape index (κ3) is 7.04. The standard InChI is InChI=1S/C23H25F2NO6/c1-4-30-19-8-6-5-7-17(19)21(28)26-20(14(2)3)22(29)31-13-18(27)15-9-11-16(12-10-15)32-23(24)25/h5-12,14,20,23H,4,13H2,1-3H3,(H,26,28)/t20-/m0/s1. The number of esters is 1. The molecule has 0 fully saturated rings. The summed E-state index contributed by atoms with van der Waals surface area (Å²) in [5, 5.41) is 2.63. The van der Waals surface area contributed by atoms with Gasteiger partial charge in [0.05, 0.1) is 12.2 Å². The van der Waals surface area contributed by atoms with Gasteiger partial charge in [0.15, 0.2) is 12.4 Å². The van der Waals surface area contributed by atoms with Gasteiger partial charge in [-0.3, -0.25) is 9.59 Å². The van der Waals surface area contributed by atoms with Gasteiger partial charge in [0, 0.05) is 5.56 Å². The van der Waals surface area contributed by atoms with E-state index in [4.69, 9.17) is 9.47 Å². The Morgan fingerprint density at radius 2 is 1.66 bits per heavy atom. The maximum absolute atomic E-state index is 12.7. The lowest BCUT2D eigenvalue weighted by Gasteiger charge is -2.21. The van der Waals surface area contributed by atoms with E-state index < -0.39 is 36.9 Å². The minimum atomic E-state index is -2.97. The van der Waals surface area contributed by atoms with Crippen molar-refractivity contribution in [1.29, 1.82) is 0 Å². The molecule has 2 rings (SSSR count). The SMILES string of the molecule is CCOc1ccccc1C(=O)N[C@H](C(=O)OCC(=O)c1ccc(OC(F)F)cc1)C(C)C. The Kier molecular flexibility index (Phi) is 9.12. The van der Waals surface area contributed by atoms with Crippen molar-refractivity contribution in [2.75, 3.05) is 13.2 Å². The number of carbonyl (C=O) groups excluding carboxylic acids is 3. The molecule has 0 spiro atoms. The molecule has 1 atom stereocenters. The first-order valence-corrected chi connectivity index (χ1v) is 10.00. The number of halogens is 2. The molecular weight excluding hydrogens is 424 g/mol. The molecule has 9 heteroatoms. The zero-order valence-corrected chi connectivity index (χ0v) is 18.0. The van der Waals surface area contributed by atoms with Crippen LogP contribution >= 0.6 is 0 Å². The van der Waals surface area contributed by atoms with Crippen molar-refractivity contribution in [3.63, 3.8) is 0 Å². The molecule has 0 unspecified atom stereocenters. The van der Waals surface area contributed by atoms with Crippen LogP contribution in [0.15, 0.2) is 48.5 Å². The summed E-state index contributed by atoms with van der Waals surface area (Å²) < 4.78 is 39.2. The maximum atomic E-state index is 12.7. The van der Waals surface area contributed by atoms with Crippen LogP contribution in [0.5, 0.6) is 11.5 Å². The molecule has 0 aliphatic rings. The number of para-hydroxylation sites is 1. The lowest BCUT2D eigenvalue weighted by Crippen LogP contribution is -2.45. The van der Waals surface area contributed by atoms with Crippen LogP contribution in [0.4, 0.5) is 8.78 Å². The molecule has 0 bridgehead atoms. The summed E-state index contributed by atoms with van der Waals surface area (Å²) in [5.74, 6) is -1.83. The zero-order chi connectivity index (χ0) is 23.7. The monoisotopic (exact) mass is 449 g/mol. The lowest BCUT2D eigenvalue weighted by atomic mass is 10.0. The smallest absolute Gasteiger partial charge is 0.387 e. The first-order valence-electron chi connectivity index (χ1n) is 10.00. The number of hydrogen-bond acceptors (Lipinski definition) is 6. The molecule has 172 valence electrons. The fraction of sp³-hybridized carbons (Fsp3) is 0.348. The summed E-state index contributed by atoms with van der Waals surface area (Å²) in [4.78, 5) is 37.5. The number of carbonyl (C=O) groups is 3. The maximum Gasteiger partial charge on any atom is 0.387 e. The largest absolute Gasteiger partial charge is 0.493 e. The molecule has 32 heavy (non-hydrogen) atoms. The van der Waals surface area contributed by atoms with Gasteiger partial charge in [0.1, 0.15) is 17.5 Å². The fourth-order valence-electron chi connectivity index (χ4n) is 2.78. The van der Waals surface area contributed by atoms with Crippen molar-refractivity contribution in [2.24, 2.45) is 5.92 Å². The van der Waals surface area contributed by atoms with Crippen LogP contribution in [0.3, 0.4) is 0 Å². The number of alkyl halides is 2. The predicted octanol–water partition coefficient (Wildman–Crippen LogP) is 3.87. The number of Topliss-reactive ketones (excluding diaryl/α,β-unsaturated/α-hetero) is 1. The van der Waals surface area contributed by atoms with Crippen molar-refractivity contribution < 1.29 is 37.4 Å². The molecule has 0 aromatic heterocycles. The van der Waals surface area contributed by atoms with Crippen LogP contribution in [0.2, 0.25) is 0 Å². The molecule has 1 N–H and O–H groups in total. The van der Waals surface area contributed by atoms with E-state index in [0.29, 0.717) is 12.4 Å². The van der Waals surface area contributed by atoms with E-state index >= 15 is 0 Å². The van der Waals surface area contributed by atoms with Crippen molar-refractivity contribution in [3.05, 3.63) is 59.7 Å². The van der Waals surface area contributed by atoms with Gasteiger partial charge in [0.25, 0.3) is 5.91 Å². The molecule has 0 radical (unpaired) electrons. The van der Waals surface area contributed by atoms with Gasteiger partial charge < -0.3 is 19.5 Å². The number of nitrogens with one attached hydrogen (secondary N) is 1. The summed E-state index contributed by atoms with van der Waals surface area (Å²) in [6, 6.07) is 10.7. The quantitative estimate of drug-likeness (QED) is 0.414. The van der Waals surface area contributed by atoms with Gasteiger partial charge in [-0.25, -0.2) is 4.79 Å². The summed E-state index contributed by atoms with van der Waals surface area (Å²) in [6.07, 6.45) is 0. The van der Waals surface area contributed by atoms with E-state index in [2.05, 4.69) is 10.1 Å². The Hall–Kier alpha value is -3.49. The lowest BCUT2D eigenvalue weighted by molar-refractivity contribution is -0.145. The Bertz CT molecular complexity index is 930. The first kappa shape index (κ1) is 24.8. The molecule has 2 aromatic rings. The van der Waals surface area contributed by atoms with Crippen LogP contribution < -0.4 is 14.8 Å². The summed E-state index contributed by atoms with van der Waals surface area (Å²) in [5.41, 5.74) is 0.435. The van der Waals surface area contributed by atoms with E-state index in [0.717, 1.165) is 0 Å². The molecule has 0 aliphatic heterocycles. The molecule has 0 heterocycles. The number of rotatable bonds is 11. The van der Waals surface area contributed by atoms with Crippen LogP contribution in [0, 0.1) is 5.92 Å². The Balaban J connectivity index is 2.00. The van der Waals surface area contributed by atoms with Gasteiger partial charge in [-0.1, -0.05) is 26.0 Å². The minimum Gasteiger partial charge on any atom is -0.493 e. The van der Waals surface area contributed by atoms with E-state index in [-0.39, 0.29) is 22.8 Å². The normalized spacial score (nSPS) is 11.7. The second-order valence-electron chi connectivity index (χ2n) is 7.06. The number of ketones is 1. The van der Waals surface area contributed by atoms with E-state index in [1.807, 2.05) is 0 Å². The van der Waals surface area contributed by atoms with Gasteiger partial charge in [-0.2, -0.15) is 8.78 Å². The van der Waals surface area contributed by atoms with Crippen LogP contribution in [0.1, 0.15) is 41.5 Å². The number of benzene rings is 2. The third-order valence-corrected chi connectivity index (χ3v) is 4.39. The highest BCUT2D eigenvalue weighted by molar-refractivity contribution is 6.00. The fourth-order valence-corrected chi connectivity index (χ4v) is 2.78. The molecule has 7 nitrogen and oxygen atoms in total. The zero-order valence-electron chi connectivity index (χ0n) is 18.0. The van der Waals surface area contributed by atoms with E-state index in [1.165, 1.54) is 24.3 Å². The highest BCUT2D eigenvalue weighted by Gasteiger charge is 2.28. The van der Waals surface area contributed by atoms with Crippen molar-refractivity contribution in [1.82, 2.24) is 5.32 Å². The van der Waals surface area contributed by atoms with Gasteiger partial charge in [-0.05, 0) is 49.2 Å². The summed E-state index contributed by atoms with van der Waals surface area (Å²) in [7, 11) is 0. The van der Waals surface area contributed by atoms with E-state index in [9.17, 15) is 23.2 Å². The molecule has 1 amide bonds. The molecular formula is C23H25F2NO6.